The number of methoxy groups -OCH3 is 1. The molecule has 0 spiro atoms. The zero-order valence-electron chi connectivity index (χ0n) is 5.39. The molecule has 0 aliphatic carbocycles. The van der Waals surface area contributed by atoms with E-state index in [1.165, 1.54) is 13.3 Å². The van der Waals surface area contributed by atoms with Crippen LogP contribution in [0.15, 0.2) is 15.9 Å². The minimum atomic E-state index is 0.183. The summed E-state index contributed by atoms with van der Waals surface area (Å²) in [6, 6.07) is 0. The number of rotatable bonds is 2. The fourth-order valence-electron chi connectivity index (χ4n) is 0.274. The van der Waals surface area contributed by atoms with Gasteiger partial charge in [0, 0.05) is 13.3 Å². The van der Waals surface area contributed by atoms with Crippen molar-refractivity contribution in [3.05, 3.63) is 10.9 Å². The minimum absolute atomic E-state index is 0.183. The molecule has 0 fully saturated rings. The third-order valence-corrected chi connectivity index (χ3v) is 0.982. The quantitative estimate of drug-likeness (QED) is 0.463. The first-order valence-electron chi connectivity index (χ1n) is 2.33. The molecule has 0 rings (SSSR count). The van der Waals surface area contributed by atoms with Crippen molar-refractivity contribution < 1.29 is 4.74 Å². The van der Waals surface area contributed by atoms with Gasteiger partial charge in [0.15, 0.2) is 0 Å². The van der Waals surface area contributed by atoms with E-state index in [0.29, 0.717) is 5.03 Å². The summed E-state index contributed by atoms with van der Waals surface area (Å²) in [5, 5.41) is 0.319. The van der Waals surface area contributed by atoms with Crippen LogP contribution in [-0.4, -0.2) is 20.4 Å². The Labute approximate surface area is 59.2 Å². The van der Waals surface area contributed by atoms with E-state index in [2.05, 4.69) is 9.73 Å². The highest BCUT2D eigenvalue weighted by atomic mass is 35.5. The van der Waals surface area contributed by atoms with E-state index in [9.17, 15) is 0 Å². The fraction of sp³-hybridized carbons (Fsp3) is 0.400. The lowest BCUT2D eigenvalue weighted by atomic mass is 10.6. The van der Waals surface area contributed by atoms with Crippen molar-refractivity contribution in [1.29, 1.82) is 0 Å². The maximum atomic E-state index is 5.51. The van der Waals surface area contributed by atoms with E-state index in [1.807, 2.05) is 0 Å². The van der Waals surface area contributed by atoms with Crippen LogP contribution in [0.2, 0.25) is 0 Å². The molecule has 0 radical (unpaired) electrons. The normalized spacial score (nSPS) is 13.7. The Morgan fingerprint density at radius 3 is 2.67 bits per heavy atom. The molecule has 0 aromatic carbocycles. The number of halogens is 1. The van der Waals surface area contributed by atoms with E-state index < -0.39 is 0 Å². The van der Waals surface area contributed by atoms with Crippen molar-refractivity contribution in [2.24, 2.45) is 10.7 Å². The molecule has 0 aromatic rings. The number of aliphatic imine (C=N–C) groups is 1. The van der Waals surface area contributed by atoms with Gasteiger partial charge in [-0.1, -0.05) is 11.6 Å². The van der Waals surface area contributed by atoms with Crippen molar-refractivity contribution in [2.45, 2.75) is 0 Å². The molecule has 9 heavy (non-hydrogen) atoms. The van der Waals surface area contributed by atoms with Gasteiger partial charge in [0.2, 0.25) is 5.88 Å². The van der Waals surface area contributed by atoms with Crippen LogP contribution in [0.25, 0.3) is 0 Å². The summed E-state index contributed by atoms with van der Waals surface area (Å²) < 4.78 is 4.60. The first-order chi connectivity index (χ1) is 4.22. The van der Waals surface area contributed by atoms with Crippen LogP contribution in [0, 0.1) is 0 Å². The molecule has 2 N–H and O–H groups in total. The predicted octanol–water partition coefficient (Wildman–Crippen LogP) is 0.700. The molecule has 0 unspecified atom stereocenters. The molecule has 0 bridgehead atoms. The molecular formula is C5H9ClN2O. The van der Waals surface area contributed by atoms with Gasteiger partial charge in [-0.3, -0.25) is 4.99 Å². The number of hydrogen-bond donors (Lipinski definition) is 1. The van der Waals surface area contributed by atoms with E-state index in [4.69, 9.17) is 17.3 Å². The SMILES string of the molecule is CN=CC(Cl)=C(N)OC. The van der Waals surface area contributed by atoms with Crippen molar-refractivity contribution >= 4 is 17.8 Å². The van der Waals surface area contributed by atoms with Gasteiger partial charge in [-0.05, 0) is 0 Å². The van der Waals surface area contributed by atoms with E-state index >= 15 is 0 Å². The molecule has 0 aromatic heterocycles. The standard InChI is InChI=1S/C5H9ClN2O/c1-8-3-4(6)5(7)9-2/h3H,7H2,1-2H3. The van der Waals surface area contributed by atoms with Crippen LogP contribution >= 0.6 is 11.6 Å². The summed E-state index contributed by atoms with van der Waals surface area (Å²) in [5.41, 5.74) is 5.24. The van der Waals surface area contributed by atoms with Crippen molar-refractivity contribution in [3.8, 4) is 0 Å². The monoisotopic (exact) mass is 148 g/mol. The molecule has 0 amide bonds. The predicted molar refractivity (Wildman–Crippen MR) is 38.5 cm³/mol. The Kier molecular flexibility index (Phi) is 3.88. The Balaban J connectivity index is 4.10. The summed E-state index contributed by atoms with van der Waals surface area (Å²) in [6.45, 7) is 0. The molecule has 0 saturated carbocycles. The lowest BCUT2D eigenvalue weighted by molar-refractivity contribution is 0.287. The van der Waals surface area contributed by atoms with Crippen molar-refractivity contribution in [1.82, 2.24) is 0 Å². The molecule has 52 valence electrons. The highest BCUT2D eigenvalue weighted by molar-refractivity contribution is 6.39. The summed E-state index contributed by atoms with van der Waals surface area (Å²) in [5.74, 6) is 0.183. The maximum Gasteiger partial charge on any atom is 0.204 e. The summed E-state index contributed by atoms with van der Waals surface area (Å²) >= 11 is 5.51. The van der Waals surface area contributed by atoms with Crippen LogP contribution < -0.4 is 5.73 Å². The van der Waals surface area contributed by atoms with Gasteiger partial charge in [-0.15, -0.1) is 0 Å². The molecule has 0 heterocycles. The molecule has 0 aliphatic rings. The molecule has 0 aliphatic heterocycles. The van der Waals surface area contributed by atoms with Crippen LogP contribution in [-0.2, 0) is 4.74 Å². The largest absolute Gasteiger partial charge is 0.482 e. The Hall–Kier alpha value is -0.700. The first kappa shape index (κ1) is 8.30. The summed E-state index contributed by atoms with van der Waals surface area (Å²) in [6.07, 6.45) is 1.42. The molecule has 0 atom stereocenters. The van der Waals surface area contributed by atoms with E-state index in [1.54, 1.807) is 7.05 Å². The van der Waals surface area contributed by atoms with Crippen molar-refractivity contribution in [3.63, 3.8) is 0 Å². The maximum absolute atomic E-state index is 5.51. The van der Waals surface area contributed by atoms with Crippen molar-refractivity contribution in [2.75, 3.05) is 14.2 Å². The Morgan fingerprint density at radius 1 is 1.78 bits per heavy atom. The van der Waals surface area contributed by atoms with Crippen LogP contribution in [0.5, 0.6) is 0 Å². The number of allylic oxidation sites excluding steroid dienone is 1. The van der Waals surface area contributed by atoms with E-state index in [-0.39, 0.29) is 5.88 Å². The second-order valence-corrected chi connectivity index (χ2v) is 1.71. The summed E-state index contributed by atoms with van der Waals surface area (Å²) in [4.78, 5) is 3.63. The fourth-order valence-corrected chi connectivity index (χ4v) is 0.449. The van der Waals surface area contributed by atoms with Crippen LogP contribution in [0.1, 0.15) is 0 Å². The zero-order chi connectivity index (χ0) is 7.28. The smallest absolute Gasteiger partial charge is 0.204 e. The second-order valence-electron chi connectivity index (χ2n) is 1.30. The third kappa shape index (κ3) is 2.98. The highest BCUT2D eigenvalue weighted by Gasteiger charge is 1.93. The van der Waals surface area contributed by atoms with Gasteiger partial charge in [0.1, 0.15) is 5.03 Å². The summed E-state index contributed by atoms with van der Waals surface area (Å²) in [7, 11) is 3.05. The topological polar surface area (TPSA) is 47.6 Å². The molecule has 4 heteroatoms. The average Bonchev–Trinajstić information content (AvgIpc) is 1.87. The number of hydrogen-bond acceptors (Lipinski definition) is 3. The van der Waals surface area contributed by atoms with E-state index in [0.717, 1.165) is 0 Å². The average molecular weight is 149 g/mol. The van der Waals surface area contributed by atoms with Gasteiger partial charge in [0.05, 0.1) is 7.11 Å². The van der Waals surface area contributed by atoms with Gasteiger partial charge >= 0.3 is 0 Å². The third-order valence-electron chi connectivity index (χ3n) is 0.698. The van der Waals surface area contributed by atoms with Gasteiger partial charge in [-0.25, -0.2) is 0 Å². The first-order valence-corrected chi connectivity index (χ1v) is 2.71. The molecule has 0 saturated heterocycles. The Bertz CT molecular complexity index is 142. The van der Waals surface area contributed by atoms with Crippen LogP contribution in [0.3, 0.4) is 0 Å². The minimum Gasteiger partial charge on any atom is -0.482 e. The lowest BCUT2D eigenvalue weighted by Crippen LogP contribution is -2.02. The van der Waals surface area contributed by atoms with Gasteiger partial charge in [0.25, 0.3) is 0 Å². The van der Waals surface area contributed by atoms with Gasteiger partial charge < -0.3 is 10.5 Å². The number of nitrogens with two attached hydrogens (primary N) is 1. The molecular weight excluding hydrogens is 140 g/mol. The second kappa shape index (κ2) is 4.21. The number of ether oxygens (including phenoxy) is 1. The Morgan fingerprint density at radius 2 is 2.33 bits per heavy atom. The zero-order valence-corrected chi connectivity index (χ0v) is 6.14. The van der Waals surface area contributed by atoms with Gasteiger partial charge in [-0.2, -0.15) is 0 Å². The van der Waals surface area contributed by atoms with Crippen LogP contribution in [0.4, 0.5) is 0 Å². The highest BCUT2D eigenvalue weighted by Crippen LogP contribution is 2.00. The number of nitrogens with zero attached hydrogens (tertiary/aromatic N) is 1. The lowest BCUT2D eigenvalue weighted by Gasteiger charge is -1.97. The molecule has 3 nitrogen and oxygen atoms in total.